The quantitative estimate of drug-likeness (QED) is 0.830. The summed E-state index contributed by atoms with van der Waals surface area (Å²) in [6.45, 7) is 6.49. The molecule has 2 aliphatic rings. The molecule has 2 fully saturated rings. The number of aromatic nitrogens is 1. The fraction of sp³-hybridized carbons (Fsp3) is 0.600. The first-order valence-corrected chi connectivity index (χ1v) is 7.09. The summed E-state index contributed by atoms with van der Waals surface area (Å²) in [7, 11) is 0. The van der Waals surface area contributed by atoms with Gasteiger partial charge in [0, 0.05) is 37.5 Å². The van der Waals surface area contributed by atoms with E-state index in [4.69, 9.17) is 0 Å². The molecule has 1 saturated carbocycles. The van der Waals surface area contributed by atoms with Gasteiger partial charge in [-0.3, -0.25) is 9.59 Å². The minimum Gasteiger partial charge on any atom is -0.338 e. The Labute approximate surface area is 113 Å². The zero-order valence-electron chi connectivity index (χ0n) is 11.6. The number of amides is 1. The van der Waals surface area contributed by atoms with Gasteiger partial charge in [0.15, 0.2) is 0 Å². The van der Waals surface area contributed by atoms with Crippen LogP contribution in [0.15, 0.2) is 23.1 Å². The average Bonchev–Trinajstić information content (AvgIpc) is 2.99. The molecule has 19 heavy (non-hydrogen) atoms. The highest BCUT2D eigenvalue weighted by atomic mass is 16.2. The standard InChI is InChI=1S/C15H20N2O2/c1-3-15-8-12(15)9-17(10-15)14(19)11-5-6-16(4-2)13(18)7-11/h5-7,12H,3-4,8-10H2,1-2H3. The van der Waals surface area contributed by atoms with Crippen molar-refractivity contribution in [2.75, 3.05) is 13.1 Å². The summed E-state index contributed by atoms with van der Waals surface area (Å²) in [5.74, 6) is 0.706. The highest BCUT2D eigenvalue weighted by Crippen LogP contribution is 2.59. The number of piperidine rings is 1. The molecule has 1 saturated heterocycles. The highest BCUT2D eigenvalue weighted by Gasteiger charge is 2.59. The normalized spacial score (nSPS) is 28.3. The molecule has 2 atom stereocenters. The molecule has 1 aromatic rings. The molecule has 2 heterocycles. The lowest BCUT2D eigenvalue weighted by molar-refractivity contribution is 0.0763. The molecule has 0 aromatic carbocycles. The summed E-state index contributed by atoms with van der Waals surface area (Å²) < 4.78 is 1.60. The molecule has 2 unspecified atom stereocenters. The topological polar surface area (TPSA) is 42.3 Å². The maximum Gasteiger partial charge on any atom is 0.254 e. The first kappa shape index (κ1) is 12.5. The molecule has 1 aromatic heterocycles. The van der Waals surface area contributed by atoms with Gasteiger partial charge in [0.25, 0.3) is 11.5 Å². The molecule has 3 rings (SSSR count). The number of carbonyl (C=O) groups excluding carboxylic acids is 1. The van der Waals surface area contributed by atoms with Gasteiger partial charge in [-0.25, -0.2) is 0 Å². The smallest absolute Gasteiger partial charge is 0.254 e. The van der Waals surface area contributed by atoms with E-state index in [0.717, 1.165) is 19.5 Å². The Morgan fingerprint density at radius 1 is 1.47 bits per heavy atom. The fourth-order valence-corrected chi connectivity index (χ4v) is 3.38. The average molecular weight is 260 g/mol. The van der Waals surface area contributed by atoms with Crippen LogP contribution in [0.5, 0.6) is 0 Å². The van der Waals surface area contributed by atoms with Gasteiger partial charge < -0.3 is 9.47 Å². The van der Waals surface area contributed by atoms with Crippen LogP contribution in [0.2, 0.25) is 0 Å². The van der Waals surface area contributed by atoms with Crippen molar-refractivity contribution in [1.82, 2.24) is 9.47 Å². The number of nitrogens with zero attached hydrogens (tertiary/aromatic N) is 2. The largest absolute Gasteiger partial charge is 0.338 e. The van der Waals surface area contributed by atoms with E-state index in [9.17, 15) is 9.59 Å². The Kier molecular flexibility index (Phi) is 2.77. The van der Waals surface area contributed by atoms with Crippen molar-refractivity contribution >= 4 is 5.91 Å². The van der Waals surface area contributed by atoms with Gasteiger partial charge in [0.05, 0.1) is 0 Å². The second-order valence-electron chi connectivity index (χ2n) is 5.84. The van der Waals surface area contributed by atoms with Crippen molar-refractivity contribution in [1.29, 1.82) is 0 Å². The van der Waals surface area contributed by atoms with Gasteiger partial charge >= 0.3 is 0 Å². The van der Waals surface area contributed by atoms with Crippen molar-refractivity contribution < 1.29 is 4.79 Å². The number of likely N-dealkylation sites (tertiary alicyclic amines) is 1. The van der Waals surface area contributed by atoms with Crippen LogP contribution in [0.25, 0.3) is 0 Å². The van der Waals surface area contributed by atoms with Gasteiger partial charge in [-0.15, -0.1) is 0 Å². The lowest BCUT2D eigenvalue weighted by Crippen LogP contribution is -2.33. The van der Waals surface area contributed by atoms with Crippen molar-refractivity contribution in [3.63, 3.8) is 0 Å². The van der Waals surface area contributed by atoms with E-state index in [1.165, 1.54) is 12.5 Å². The lowest BCUT2D eigenvalue weighted by atomic mass is 10.0. The first-order chi connectivity index (χ1) is 9.09. The van der Waals surface area contributed by atoms with E-state index in [2.05, 4.69) is 6.92 Å². The number of aryl methyl sites for hydroxylation is 1. The van der Waals surface area contributed by atoms with Gasteiger partial charge in [-0.1, -0.05) is 6.92 Å². The predicted molar refractivity (Wildman–Crippen MR) is 73.1 cm³/mol. The van der Waals surface area contributed by atoms with Crippen molar-refractivity contribution in [3.05, 3.63) is 34.2 Å². The second-order valence-corrected chi connectivity index (χ2v) is 5.84. The monoisotopic (exact) mass is 260 g/mol. The molecular formula is C15H20N2O2. The van der Waals surface area contributed by atoms with Crippen LogP contribution in [0.4, 0.5) is 0 Å². The molecule has 1 aliphatic carbocycles. The van der Waals surface area contributed by atoms with Crippen molar-refractivity contribution in [2.24, 2.45) is 11.3 Å². The van der Waals surface area contributed by atoms with Crippen molar-refractivity contribution in [3.8, 4) is 0 Å². The first-order valence-electron chi connectivity index (χ1n) is 7.09. The summed E-state index contributed by atoms with van der Waals surface area (Å²) >= 11 is 0. The summed E-state index contributed by atoms with van der Waals surface area (Å²) in [4.78, 5) is 26.1. The van der Waals surface area contributed by atoms with Gasteiger partial charge in [-0.05, 0) is 37.2 Å². The SMILES string of the molecule is CCn1ccc(C(=O)N2CC3CC3(CC)C2)cc1=O. The van der Waals surface area contributed by atoms with E-state index >= 15 is 0 Å². The minimum atomic E-state index is -0.0945. The Morgan fingerprint density at radius 2 is 2.26 bits per heavy atom. The summed E-state index contributed by atoms with van der Waals surface area (Å²) in [5, 5.41) is 0. The van der Waals surface area contributed by atoms with E-state index in [-0.39, 0.29) is 11.5 Å². The third-order valence-corrected chi connectivity index (χ3v) is 4.88. The third-order valence-electron chi connectivity index (χ3n) is 4.88. The van der Waals surface area contributed by atoms with Crippen LogP contribution in [-0.4, -0.2) is 28.5 Å². The molecule has 0 N–H and O–H groups in total. The Hall–Kier alpha value is -1.58. The van der Waals surface area contributed by atoms with Crippen LogP contribution in [0, 0.1) is 11.3 Å². The van der Waals surface area contributed by atoms with Crippen LogP contribution in [-0.2, 0) is 6.54 Å². The summed E-state index contributed by atoms with van der Waals surface area (Å²) in [6, 6.07) is 3.23. The maximum atomic E-state index is 12.4. The van der Waals surface area contributed by atoms with Crippen LogP contribution in [0.3, 0.4) is 0 Å². The lowest BCUT2D eigenvalue weighted by Gasteiger charge is -2.20. The number of rotatable bonds is 3. The van der Waals surface area contributed by atoms with Gasteiger partial charge in [0.2, 0.25) is 0 Å². The molecule has 102 valence electrons. The Balaban J connectivity index is 1.78. The van der Waals surface area contributed by atoms with Gasteiger partial charge in [0.1, 0.15) is 0 Å². The molecule has 1 aliphatic heterocycles. The predicted octanol–water partition coefficient (Wildman–Crippen LogP) is 1.74. The molecule has 4 heteroatoms. The molecule has 4 nitrogen and oxygen atoms in total. The van der Waals surface area contributed by atoms with Crippen LogP contribution in [0.1, 0.15) is 37.0 Å². The minimum absolute atomic E-state index is 0.0142. The number of carbonyl (C=O) groups is 1. The molecular weight excluding hydrogens is 240 g/mol. The summed E-state index contributed by atoms with van der Waals surface area (Å²) in [6.07, 6.45) is 4.13. The Bertz CT molecular complexity index is 574. The zero-order valence-corrected chi connectivity index (χ0v) is 11.6. The van der Waals surface area contributed by atoms with Crippen LogP contribution >= 0.6 is 0 Å². The zero-order chi connectivity index (χ0) is 13.6. The van der Waals surface area contributed by atoms with E-state index in [1.807, 2.05) is 11.8 Å². The van der Waals surface area contributed by atoms with Crippen LogP contribution < -0.4 is 5.56 Å². The number of hydrogen-bond donors (Lipinski definition) is 0. The number of fused-ring (bicyclic) bond motifs is 1. The van der Waals surface area contributed by atoms with E-state index in [1.54, 1.807) is 16.8 Å². The number of hydrogen-bond acceptors (Lipinski definition) is 2. The van der Waals surface area contributed by atoms with Gasteiger partial charge in [-0.2, -0.15) is 0 Å². The third kappa shape index (κ3) is 1.90. The highest BCUT2D eigenvalue weighted by molar-refractivity contribution is 5.94. The van der Waals surface area contributed by atoms with E-state index in [0.29, 0.717) is 23.4 Å². The second kappa shape index (κ2) is 4.22. The fourth-order valence-electron chi connectivity index (χ4n) is 3.38. The maximum absolute atomic E-state index is 12.4. The molecule has 1 amide bonds. The Morgan fingerprint density at radius 3 is 2.84 bits per heavy atom. The van der Waals surface area contributed by atoms with E-state index < -0.39 is 0 Å². The number of pyridine rings is 1. The molecule has 0 radical (unpaired) electrons. The van der Waals surface area contributed by atoms with Crippen molar-refractivity contribution in [2.45, 2.75) is 33.2 Å². The molecule has 0 spiro atoms. The molecule has 0 bridgehead atoms. The summed E-state index contributed by atoms with van der Waals surface area (Å²) in [5.41, 5.74) is 0.832.